The van der Waals surface area contributed by atoms with Gasteiger partial charge in [0.2, 0.25) is 0 Å². The van der Waals surface area contributed by atoms with Gasteiger partial charge in [-0.15, -0.1) is 0 Å². The number of nitrogens with zero attached hydrogens (tertiary/aromatic N) is 1. The monoisotopic (exact) mass is 306 g/mol. The Morgan fingerprint density at radius 2 is 1.78 bits per heavy atom. The fourth-order valence-electron chi connectivity index (χ4n) is 2.38. The molecule has 0 aliphatic heterocycles. The molecule has 0 saturated carbocycles. The number of benzene rings is 2. The third-order valence-corrected chi connectivity index (χ3v) is 3.55. The van der Waals surface area contributed by atoms with E-state index in [1.807, 2.05) is 61.5 Å². The highest BCUT2D eigenvalue weighted by Gasteiger charge is 2.06. The Hall–Kier alpha value is -2.88. The van der Waals surface area contributed by atoms with Crippen molar-refractivity contribution >= 4 is 0 Å². The molecule has 0 aliphatic carbocycles. The topological polar surface area (TPSA) is 55.0 Å². The largest absolute Gasteiger partial charge is 0.494 e. The molecule has 2 aromatic carbocycles. The summed E-state index contributed by atoms with van der Waals surface area (Å²) in [6, 6.07) is 17.4. The minimum absolute atomic E-state index is 0.104. The number of H-pyrrole nitrogens is 1. The minimum Gasteiger partial charge on any atom is -0.494 e. The first-order chi connectivity index (χ1) is 11.3. The van der Waals surface area contributed by atoms with Gasteiger partial charge in [0.1, 0.15) is 11.6 Å². The van der Waals surface area contributed by atoms with Crippen LogP contribution in [-0.4, -0.2) is 16.6 Å². The number of ether oxygens (including phenoxy) is 1. The van der Waals surface area contributed by atoms with Crippen LogP contribution in [0.4, 0.5) is 0 Å². The fourth-order valence-corrected chi connectivity index (χ4v) is 2.38. The summed E-state index contributed by atoms with van der Waals surface area (Å²) in [7, 11) is 0. The van der Waals surface area contributed by atoms with Crippen LogP contribution in [0.2, 0.25) is 0 Å². The molecule has 0 unspecified atom stereocenters. The SMILES string of the molecule is CCOc1ccc(Cc2cnc(-c3ccccc3)[nH]c2=O)cc1. The second-order valence-electron chi connectivity index (χ2n) is 5.21. The maximum absolute atomic E-state index is 12.3. The molecule has 23 heavy (non-hydrogen) atoms. The molecule has 1 heterocycles. The van der Waals surface area contributed by atoms with Crippen molar-refractivity contribution in [3.8, 4) is 17.1 Å². The van der Waals surface area contributed by atoms with Crippen LogP contribution >= 0.6 is 0 Å². The number of aromatic nitrogens is 2. The molecule has 4 heteroatoms. The van der Waals surface area contributed by atoms with E-state index in [2.05, 4.69) is 9.97 Å². The predicted molar refractivity (Wildman–Crippen MR) is 90.7 cm³/mol. The molecule has 0 aliphatic rings. The fraction of sp³-hybridized carbons (Fsp3) is 0.158. The second kappa shape index (κ2) is 6.92. The molecule has 1 N–H and O–H groups in total. The van der Waals surface area contributed by atoms with Gasteiger partial charge in [-0.25, -0.2) is 4.98 Å². The molecular formula is C19H18N2O2. The van der Waals surface area contributed by atoms with Crippen LogP contribution in [0.15, 0.2) is 65.6 Å². The van der Waals surface area contributed by atoms with E-state index in [1.54, 1.807) is 6.20 Å². The van der Waals surface area contributed by atoms with E-state index >= 15 is 0 Å². The summed E-state index contributed by atoms with van der Waals surface area (Å²) in [6.45, 7) is 2.59. The Kier molecular flexibility index (Phi) is 4.52. The first-order valence-corrected chi connectivity index (χ1v) is 7.61. The molecule has 0 amide bonds. The Morgan fingerprint density at radius 1 is 1.04 bits per heavy atom. The molecule has 3 rings (SSSR count). The van der Waals surface area contributed by atoms with Gasteiger partial charge in [0, 0.05) is 23.7 Å². The summed E-state index contributed by atoms with van der Waals surface area (Å²) < 4.78 is 5.42. The van der Waals surface area contributed by atoms with Crippen molar-refractivity contribution in [2.24, 2.45) is 0 Å². The van der Waals surface area contributed by atoms with Crippen molar-refractivity contribution in [3.05, 3.63) is 82.3 Å². The van der Waals surface area contributed by atoms with Crippen molar-refractivity contribution < 1.29 is 4.74 Å². The molecule has 1 aromatic heterocycles. The molecule has 0 radical (unpaired) electrons. The summed E-state index contributed by atoms with van der Waals surface area (Å²) >= 11 is 0. The number of nitrogens with one attached hydrogen (secondary N) is 1. The zero-order valence-electron chi connectivity index (χ0n) is 13.0. The van der Waals surface area contributed by atoms with Gasteiger partial charge >= 0.3 is 0 Å². The van der Waals surface area contributed by atoms with Crippen LogP contribution in [0.3, 0.4) is 0 Å². The Bertz CT molecular complexity index is 824. The molecule has 0 bridgehead atoms. The van der Waals surface area contributed by atoms with Crippen LogP contribution in [0.25, 0.3) is 11.4 Å². The van der Waals surface area contributed by atoms with Crippen LogP contribution in [0, 0.1) is 0 Å². The van der Waals surface area contributed by atoms with Gasteiger partial charge in [0.05, 0.1) is 6.61 Å². The minimum atomic E-state index is -0.104. The lowest BCUT2D eigenvalue weighted by Gasteiger charge is -2.06. The van der Waals surface area contributed by atoms with E-state index in [9.17, 15) is 4.79 Å². The molecular weight excluding hydrogens is 288 g/mol. The lowest BCUT2D eigenvalue weighted by atomic mass is 10.1. The Balaban J connectivity index is 1.80. The average Bonchev–Trinajstić information content (AvgIpc) is 2.59. The van der Waals surface area contributed by atoms with Crippen molar-refractivity contribution in [2.75, 3.05) is 6.61 Å². The van der Waals surface area contributed by atoms with Crippen LogP contribution < -0.4 is 10.3 Å². The van der Waals surface area contributed by atoms with Crippen LogP contribution in [-0.2, 0) is 6.42 Å². The zero-order chi connectivity index (χ0) is 16.1. The maximum Gasteiger partial charge on any atom is 0.254 e. The number of hydrogen-bond donors (Lipinski definition) is 1. The van der Waals surface area contributed by atoms with Gasteiger partial charge in [0.15, 0.2) is 0 Å². The van der Waals surface area contributed by atoms with E-state index in [1.165, 1.54) is 0 Å². The Labute approximate surface area is 134 Å². The number of hydrogen-bond acceptors (Lipinski definition) is 3. The van der Waals surface area contributed by atoms with E-state index in [-0.39, 0.29) is 5.56 Å². The third-order valence-electron chi connectivity index (χ3n) is 3.55. The van der Waals surface area contributed by atoms with Gasteiger partial charge < -0.3 is 9.72 Å². The average molecular weight is 306 g/mol. The maximum atomic E-state index is 12.3. The smallest absolute Gasteiger partial charge is 0.254 e. The first-order valence-electron chi connectivity index (χ1n) is 7.61. The molecule has 0 atom stereocenters. The zero-order valence-corrected chi connectivity index (χ0v) is 13.0. The van der Waals surface area contributed by atoms with Crippen molar-refractivity contribution in [2.45, 2.75) is 13.3 Å². The summed E-state index contributed by atoms with van der Waals surface area (Å²) in [5, 5.41) is 0. The highest BCUT2D eigenvalue weighted by atomic mass is 16.5. The lowest BCUT2D eigenvalue weighted by Crippen LogP contribution is -2.14. The van der Waals surface area contributed by atoms with Crippen molar-refractivity contribution in [3.63, 3.8) is 0 Å². The number of rotatable bonds is 5. The third kappa shape index (κ3) is 3.66. The van der Waals surface area contributed by atoms with Crippen molar-refractivity contribution in [1.29, 1.82) is 0 Å². The summed E-state index contributed by atoms with van der Waals surface area (Å²) in [4.78, 5) is 19.5. The highest BCUT2D eigenvalue weighted by Crippen LogP contribution is 2.15. The van der Waals surface area contributed by atoms with Crippen molar-refractivity contribution in [1.82, 2.24) is 9.97 Å². The molecule has 0 fully saturated rings. The van der Waals surface area contributed by atoms with E-state index < -0.39 is 0 Å². The van der Waals surface area contributed by atoms with E-state index in [0.717, 1.165) is 16.9 Å². The summed E-state index contributed by atoms with van der Waals surface area (Å²) in [5.74, 6) is 1.42. The summed E-state index contributed by atoms with van der Waals surface area (Å²) in [5.41, 5.74) is 2.49. The second-order valence-corrected chi connectivity index (χ2v) is 5.21. The number of aromatic amines is 1. The van der Waals surface area contributed by atoms with Crippen LogP contribution in [0.1, 0.15) is 18.1 Å². The van der Waals surface area contributed by atoms with Crippen LogP contribution in [0.5, 0.6) is 5.75 Å². The van der Waals surface area contributed by atoms with Gasteiger partial charge in [-0.05, 0) is 24.6 Å². The van der Waals surface area contributed by atoms with Gasteiger partial charge in [-0.1, -0.05) is 42.5 Å². The molecule has 3 aromatic rings. The molecule has 116 valence electrons. The van der Waals surface area contributed by atoms with E-state index in [0.29, 0.717) is 24.4 Å². The molecule has 0 saturated heterocycles. The van der Waals surface area contributed by atoms with Gasteiger partial charge in [-0.3, -0.25) is 4.79 Å². The molecule has 0 spiro atoms. The normalized spacial score (nSPS) is 10.5. The lowest BCUT2D eigenvalue weighted by molar-refractivity contribution is 0.340. The quantitative estimate of drug-likeness (QED) is 0.785. The summed E-state index contributed by atoms with van der Waals surface area (Å²) in [6.07, 6.45) is 2.20. The first kappa shape index (κ1) is 15.0. The van der Waals surface area contributed by atoms with Gasteiger partial charge in [0.25, 0.3) is 5.56 Å². The standard InChI is InChI=1S/C19H18N2O2/c1-2-23-17-10-8-14(9-11-17)12-16-13-20-18(21-19(16)22)15-6-4-3-5-7-15/h3-11,13H,2,12H2,1H3,(H,20,21,22). The van der Waals surface area contributed by atoms with E-state index in [4.69, 9.17) is 4.74 Å². The predicted octanol–water partition coefficient (Wildman–Crippen LogP) is 3.43. The van der Waals surface area contributed by atoms with Gasteiger partial charge in [-0.2, -0.15) is 0 Å². The Morgan fingerprint density at radius 3 is 2.43 bits per heavy atom. The molecule has 4 nitrogen and oxygen atoms in total. The highest BCUT2D eigenvalue weighted by molar-refractivity contribution is 5.54.